The number of hydrogen-bond acceptors (Lipinski definition) is 1. The number of aliphatic hydroxyl groups excluding tert-OH is 1. The Balaban J connectivity index is 2.89. The van der Waals surface area contributed by atoms with Gasteiger partial charge in [-0.2, -0.15) is 0 Å². The molecular weight excluding hydrogens is 172 g/mol. The van der Waals surface area contributed by atoms with Crippen molar-refractivity contribution in [1.29, 1.82) is 0 Å². The number of halogens is 1. The van der Waals surface area contributed by atoms with Gasteiger partial charge in [0.25, 0.3) is 0 Å². The maximum absolute atomic E-state index is 9.41. The van der Waals surface area contributed by atoms with E-state index < -0.39 is 6.10 Å². The fourth-order valence-corrected chi connectivity index (χ4v) is 0.994. The number of aliphatic hydroxyl groups is 1. The van der Waals surface area contributed by atoms with Crippen LogP contribution in [-0.2, 0) is 0 Å². The quantitative estimate of drug-likeness (QED) is 0.694. The van der Waals surface area contributed by atoms with Gasteiger partial charge in [0.2, 0.25) is 0 Å². The molecule has 0 saturated heterocycles. The molecule has 0 saturated carbocycles. The minimum absolute atomic E-state index is 0.639. The largest absolute Gasteiger partial charge is 0.384 e. The summed E-state index contributed by atoms with van der Waals surface area (Å²) in [5.41, 5.74) is 3.31. The molecule has 0 aromatic heterocycles. The highest BCUT2D eigenvalue weighted by Crippen LogP contribution is 2.16. The summed E-state index contributed by atoms with van der Waals surface area (Å²) in [7, 11) is 0. The van der Waals surface area contributed by atoms with E-state index in [1.807, 2.05) is 0 Å². The summed E-state index contributed by atoms with van der Waals surface area (Å²) in [6, 6.07) is 7.00. The van der Waals surface area contributed by atoms with Crippen LogP contribution >= 0.6 is 11.6 Å². The summed E-state index contributed by atoms with van der Waals surface area (Å²) >= 11 is 5.67. The van der Waals surface area contributed by atoms with Gasteiger partial charge in [0.1, 0.15) is 6.10 Å². The van der Waals surface area contributed by atoms with Gasteiger partial charge in [-0.25, -0.2) is 0 Å². The smallest absolute Gasteiger partial charge is 0.104 e. The first-order chi connectivity index (χ1) is 5.74. The Kier molecular flexibility index (Phi) is 3.12. The van der Waals surface area contributed by atoms with Crippen molar-refractivity contribution in [2.24, 2.45) is 0 Å². The van der Waals surface area contributed by atoms with Gasteiger partial charge in [0.15, 0.2) is 0 Å². The van der Waals surface area contributed by atoms with E-state index in [9.17, 15) is 5.11 Å². The summed E-state index contributed by atoms with van der Waals surface area (Å²) in [4.78, 5) is 0. The lowest BCUT2D eigenvalue weighted by Crippen LogP contribution is -1.90. The first-order valence-electron chi connectivity index (χ1n) is 3.53. The van der Waals surface area contributed by atoms with Crippen molar-refractivity contribution in [1.82, 2.24) is 0 Å². The Hall–Kier alpha value is -1.01. The zero-order chi connectivity index (χ0) is 8.97. The lowest BCUT2D eigenvalue weighted by Gasteiger charge is -2.03. The molecule has 1 nitrogen and oxygen atoms in total. The molecule has 1 atom stereocenters. The fraction of sp³-hybridized carbons (Fsp3) is 0.100. The Labute approximate surface area is 76.6 Å². The standard InChI is InChI=1S/C10H9ClO/c1-2-3-10(12)8-4-6-9(11)7-5-8/h3-7,10,12H,1H2/t10-/m1/s1. The van der Waals surface area contributed by atoms with E-state index in [1.165, 1.54) is 6.08 Å². The molecule has 0 aliphatic rings. The average molecular weight is 181 g/mol. The van der Waals surface area contributed by atoms with Gasteiger partial charge < -0.3 is 5.11 Å². The van der Waals surface area contributed by atoms with E-state index in [2.05, 4.69) is 12.3 Å². The lowest BCUT2D eigenvalue weighted by atomic mass is 10.1. The van der Waals surface area contributed by atoms with Gasteiger partial charge >= 0.3 is 0 Å². The minimum atomic E-state index is -0.639. The van der Waals surface area contributed by atoms with Crippen LogP contribution in [0.5, 0.6) is 0 Å². The second-order valence-corrected chi connectivity index (χ2v) is 2.80. The molecular formula is C10H9ClO. The van der Waals surface area contributed by atoms with Gasteiger partial charge in [-0.3, -0.25) is 0 Å². The number of benzene rings is 1. The third kappa shape index (κ3) is 2.24. The lowest BCUT2D eigenvalue weighted by molar-refractivity contribution is 0.229. The van der Waals surface area contributed by atoms with E-state index >= 15 is 0 Å². The van der Waals surface area contributed by atoms with Gasteiger partial charge in [0, 0.05) is 5.02 Å². The molecule has 0 aliphatic carbocycles. The maximum atomic E-state index is 9.41. The second kappa shape index (κ2) is 4.13. The highest BCUT2D eigenvalue weighted by atomic mass is 35.5. The third-order valence-corrected chi connectivity index (χ3v) is 1.74. The van der Waals surface area contributed by atoms with Crippen molar-refractivity contribution in [2.45, 2.75) is 6.10 Å². The molecule has 1 N–H and O–H groups in total. The van der Waals surface area contributed by atoms with Crippen LogP contribution in [-0.4, -0.2) is 5.11 Å². The summed E-state index contributed by atoms with van der Waals surface area (Å²) in [5, 5.41) is 10.1. The molecule has 0 radical (unpaired) electrons. The van der Waals surface area contributed by atoms with E-state index in [-0.39, 0.29) is 0 Å². The summed E-state index contributed by atoms with van der Waals surface area (Å²) in [6.45, 7) is 3.38. The van der Waals surface area contributed by atoms with Crippen LogP contribution in [0.15, 0.2) is 42.7 Å². The van der Waals surface area contributed by atoms with Crippen LogP contribution in [0.1, 0.15) is 11.7 Å². The molecule has 2 heteroatoms. The third-order valence-electron chi connectivity index (χ3n) is 1.49. The van der Waals surface area contributed by atoms with E-state index in [0.717, 1.165) is 5.56 Å². The fourth-order valence-electron chi connectivity index (χ4n) is 0.868. The molecule has 0 spiro atoms. The molecule has 0 bridgehead atoms. The van der Waals surface area contributed by atoms with E-state index in [1.54, 1.807) is 24.3 Å². The van der Waals surface area contributed by atoms with E-state index in [0.29, 0.717) is 5.02 Å². The van der Waals surface area contributed by atoms with Crippen molar-refractivity contribution >= 4 is 11.6 Å². The normalized spacial score (nSPS) is 11.8. The maximum Gasteiger partial charge on any atom is 0.104 e. The molecule has 0 heterocycles. The molecule has 0 amide bonds. The van der Waals surface area contributed by atoms with Crippen LogP contribution in [0, 0.1) is 0 Å². The van der Waals surface area contributed by atoms with Crippen molar-refractivity contribution in [2.75, 3.05) is 0 Å². The zero-order valence-electron chi connectivity index (χ0n) is 6.50. The molecule has 1 aromatic carbocycles. The van der Waals surface area contributed by atoms with Gasteiger partial charge in [-0.1, -0.05) is 30.3 Å². The van der Waals surface area contributed by atoms with Crippen LogP contribution in [0.3, 0.4) is 0 Å². The molecule has 62 valence electrons. The number of rotatable bonds is 2. The van der Waals surface area contributed by atoms with Crippen LogP contribution in [0.4, 0.5) is 0 Å². The van der Waals surface area contributed by atoms with Crippen molar-refractivity contribution in [3.05, 3.63) is 53.2 Å². The summed E-state index contributed by atoms with van der Waals surface area (Å²) in [5.74, 6) is 0. The molecule has 0 fully saturated rings. The summed E-state index contributed by atoms with van der Waals surface area (Å²) < 4.78 is 0. The van der Waals surface area contributed by atoms with Gasteiger partial charge in [0.05, 0.1) is 0 Å². The van der Waals surface area contributed by atoms with E-state index in [4.69, 9.17) is 11.6 Å². The SMILES string of the molecule is C=C=C[C@@H](O)c1ccc(Cl)cc1. The highest BCUT2D eigenvalue weighted by Gasteiger charge is 2.01. The Bertz CT molecular complexity index is 296. The van der Waals surface area contributed by atoms with Crippen molar-refractivity contribution in [3.8, 4) is 0 Å². The minimum Gasteiger partial charge on any atom is -0.384 e. The highest BCUT2D eigenvalue weighted by molar-refractivity contribution is 6.30. The molecule has 0 aliphatic heterocycles. The van der Waals surface area contributed by atoms with Crippen LogP contribution in [0.25, 0.3) is 0 Å². The Morgan fingerprint density at radius 3 is 2.50 bits per heavy atom. The molecule has 1 aromatic rings. The van der Waals surface area contributed by atoms with Crippen LogP contribution in [0.2, 0.25) is 5.02 Å². The molecule has 12 heavy (non-hydrogen) atoms. The Morgan fingerprint density at radius 1 is 1.42 bits per heavy atom. The van der Waals surface area contributed by atoms with Crippen molar-refractivity contribution < 1.29 is 5.11 Å². The van der Waals surface area contributed by atoms with Gasteiger partial charge in [-0.15, -0.1) is 5.73 Å². The predicted octanol–water partition coefficient (Wildman–Crippen LogP) is 2.71. The zero-order valence-corrected chi connectivity index (χ0v) is 7.25. The first-order valence-corrected chi connectivity index (χ1v) is 3.91. The summed E-state index contributed by atoms with van der Waals surface area (Å²) in [6.07, 6.45) is 0.850. The number of hydrogen-bond donors (Lipinski definition) is 1. The monoisotopic (exact) mass is 180 g/mol. The Morgan fingerprint density at radius 2 is 2.00 bits per heavy atom. The average Bonchev–Trinajstić information content (AvgIpc) is 2.06. The van der Waals surface area contributed by atoms with Crippen molar-refractivity contribution in [3.63, 3.8) is 0 Å². The van der Waals surface area contributed by atoms with Gasteiger partial charge in [-0.05, 0) is 23.8 Å². The topological polar surface area (TPSA) is 20.2 Å². The van der Waals surface area contributed by atoms with Crippen LogP contribution < -0.4 is 0 Å². The molecule has 1 rings (SSSR count). The second-order valence-electron chi connectivity index (χ2n) is 2.37. The molecule has 0 unspecified atom stereocenters. The predicted molar refractivity (Wildman–Crippen MR) is 50.1 cm³/mol. The first kappa shape index (κ1) is 9.08.